The molecule has 1 aromatic heterocycles. The number of thiophene rings is 1. The third-order valence-corrected chi connectivity index (χ3v) is 3.44. The van der Waals surface area contributed by atoms with E-state index in [0.717, 1.165) is 5.56 Å². The summed E-state index contributed by atoms with van der Waals surface area (Å²) in [7, 11) is 2.98. The zero-order valence-corrected chi connectivity index (χ0v) is 11.0. The normalized spacial score (nSPS) is 12.2. The van der Waals surface area contributed by atoms with E-state index in [1.807, 2.05) is 16.8 Å². The van der Waals surface area contributed by atoms with Gasteiger partial charge in [-0.15, -0.1) is 0 Å². The summed E-state index contributed by atoms with van der Waals surface area (Å²) in [4.78, 5) is 0. The number of benzene rings is 1. The van der Waals surface area contributed by atoms with Crippen molar-refractivity contribution in [1.29, 1.82) is 0 Å². The number of halogens is 1. The number of nitrogens with two attached hydrogens (primary N) is 1. The summed E-state index contributed by atoms with van der Waals surface area (Å²) in [5.41, 5.74) is 7.32. The largest absolute Gasteiger partial charge is 0.493 e. The molecule has 1 unspecified atom stereocenters. The fourth-order valence-corrected chi connectivity index (χ4v) is 2.44. The van der Waals surface area contributed by atoms with E-state index in [2.05, 4.69) is 0 Å². The molecule has 0 aliphatic heterocycles. The molecule has 2 N–H and O–H groups in total. The predicted octanol–water partition coefficient (Wildman–Crippen LogP) is 2.95. The van der Waals surface area contributed by atoms with Gasteiger partial charge in [-0.2, -0.15) is 11.3 Å². The van der Waals surface area contributed by atoms with E-state index in [1.165, 1.54) is 31.6 Å². The van der Waals surface area contributed by atoms with Gasteiger partial charge >= 0.3 is 0 Å². The van der Waals surface area contributed by atoms with Crippen LogP contribution in [0.3, 0.4) is 0 Å². The number of ether oxygens (including phenoxy) is 2. The van der Waals surface area contributed by atoms with Gasteiger partial charge in [0.25, 0.3) is 0 Å². The topological polar surface area (TPSA) is 44.5 Å². The molecule has 2 aromatic rings. The molecule has 96 valence electrons. The molecule has 0 amide bonds. The second-order valence-electron chi connectivity index (χ2n) is 3.76. The fraction of sp³-hybridized carbons (Fsp3) is 0.231. The zero-order chi connectivity index (χ0) is 13.1. The Balaban J connectivity index is 2.45. The summed E-state index contributed by atoms with van der Waals surface area (Å²) in [6.45, 7) is 0. The lowest BCUT2D eigenvalue weighted by atomic mass is 10.0. The van der Waals surface area contributed by atoms with Gasteiger partial charge in [-0.3, -0.25) is 0 Å². The molecule has 2 rings (SSSR count). The Labute approximate surface area is 109 Å². The van der Waals surface area contributed by atoms with Crippen molar-refractivity contribution < 1.29 is 13.9 Å². The van der Waals surface area contributed by atoms with Crippen molar-refractivity contribution >= 4 is 11.3 Å². The van der Waals surface area contributed by atoms with E-state index in [1.54, 1.807) is 6.07 Å². The first-order chi connectivity index (χ1) is 8.67. The maximum Gasteiger partial charge on any atom is 0.163 e. The smallest absolute Gasteiger partial charge is 0.163 e. The van der Waals surface area contributed by atoms with Gasteiger partial charge in [0.2, 0.25) is 0 Å². The van der Waals surface area contributed by atoms with Gasteiger partial charge in [0, 0.05) is 11.6 Å². The van der Waals surface area contributed by atoms with Crippen molar-refractivity contribution in [1.82, 2.24) is 0 Å². The molecule has 0 spiro atoms. The summed E-state index contributed by atoms with van der Waals surface area (Å²) in [6, 6.07) is 4.25. The minimum Gasteiger partial charge on any atom is -0.493 e. The van der Waals surface area contributed by atoms with Crippen LogP contribution in [0.15, 0.2) is 29.0 Å². The first-order valence-electron chi connectivity index (χ1n) is 5.36. The van der Waals surface area contributed by atoms with Gasteiger partial charge in [0.15, 0.2) is 11.5 Å². The van der Waals surface area contributed by atoms with E-state index < -0.39 is 11.9 Å². The van der Waals surface area contributed by atoms with E-state index in [-0.39, 0.29) is 0 Å². The molecular weight excluding hydrogens is 253 g/mol. The first kappa shape index (κ1) is 12.9. The Morgan fingerprint density at radius 1 is 1.22 bits per heavy atom. The SMILES string of the molecule is COc1cc(F)c(C(N)c2ccsc2)cc1OC. The second kappa shape index (κ2) is 5.37. The van der Waals surface area contributed by atoms with Crippen molar-refractivity contribution in [3.8, 4) is 11.5 Å². The minimum absolute atomic E-state index is 0.358. The van der Waals surface area contributed by atoms with Crippen molar-refractivity contribution in [2.75, 3.05) is 14.2 Å². The lowest BCUT2D eigenvalue weighted by Gasteiger charge is -2.15. The molecule has 0 bridgehead atoms. The number of rotatable bonds is 4. The van der Waals surface area contributed by atoms with E-state index >= 15 is 0 Å². The third-order valence-electron chi connectivity index (χ3n) is 2.74. The average Bonchev–Trinajstić information content (AvgIpc) is 2.91. The van der Waals surface area contributed by atoms with Gasteiger partial charge in [0.05, 0.1) is 20.3 Å². The fourth-order valence-electron chi connectivity index (χ4n) is 1.74. The van der Waals surface area contributed by atoms with Crippen LogP contribution in [0.1, 0.15) is 17.2 Å². The van der Waals surface area contributed by atoms with Gasteiger partial charge in [0.1, 0.15) is 5.82 Å². The van der Waals surface area contributed by atoms with Crippen molar-refractivity contribution in [3.05, 3.63) is 45.9 Å². The van der Waals surface area contributed by atoms with Crippen molar-refractivity contribution in [2.45, 2.75) is 6.04 Å². The van der Waals surface area contributed by atoms with Crippen molar-refractivity contribution in [2.24, 2.45) is 5.73 Å². The van der Waals surface area contributed by atoms with Crippen LogP contribution in [0.5, 0.6) is 11.5 Å². The van der Waals surface area contributed by atoms with Crippen LogP contribution in [0.2, 0.25) is 0 Å². The number of hydrogen-bond acceptors (Lipinski definition) is 4. The summed E-state index contributed by atoms with van der Waals surface area (Å²) >= 11 is 1.53. The Kier molecular flexibility index (Phi) is 3.84. The summed E-state index contributed by atoms with van der Waals surface area (Å²) in [6.07, 6.45) is 0. The highest BCUT2D eigenvalue weighted by Gasteiger charge is 2.18. The number of methoxy groups -OCH3 is 2. The minimum atomic E-state index is -0.504. The van der Waals surface area contributed by atoms with Crippen LogP contribution in [0.25, 0.3) is 0 Å². The van der Waals surface area contributed by atoms with Gasteiger partial charge in [-0.1, -0.05) is 0 Å². The molecule has 0 saturated heterocycles. The molecule has 5 heteroatoms. The summed E-state index contributed by atoms with van der Waals surface area (Å²) < 4.78 is 24.2. The molecule has 0 saturated carbocycles. The Hall–Kier alpha value is -1.59. The maximum absolute atomic E-state index is 14.0. The van der Waals surface area contributed by atoms with Crippen LogP contribution >= 0.6 is 11.3 Å². The molecule has 0 aliphatic carbocycles. The average molecular weight is 267 g/mol. The van der Waals surface area contributed by atoms with E-state index in [9.17, 15) is 4.39 Å². The van der Waals surface area contributed by atoms with Crippen LogP contribution in [-0.4, -0.2) is 14.2 Å². The molecule has 1 aromatic carbocycles. The molecule has 0 fully saturated rings. The highest BCUT2D eigenvalue weighted by molar-refractivity contribution is 7.08. The summed E-state index contributed by atoms with van der Waals surface area (Å²) in [5, 5.41) is 3.81. The van der Waals surface area contributed by atoms with Crippen LogP contribution in [0, 0.1) is 5.82 Å². The van der Waals surface area contributed by atoms with Gasteiger partial charge < -0.3 is 15.2 Å². The Morgan fingerprint density at radius 3 is 2.44 bits per heavy atom. The molecule has 1 atom stereocenters. The lowest BCUT2D eigenvalue weighted by Crippen LogP contribution is -2.13. The molecule has 0 radical (unpaired) electrons. The van der Waals surface area contributed by atoms with Crippen LogP contribution in [-0.2, 0) is 0 Å². The quantitative estimate of drug-likeness (QED) is 0.926. The van der Waals surface area contributed by atoms with Gasteiger partial charge in [-0.05, 0) is 28.5 Å². The maximum atomic E-state index is 14.0. The Bertz CT molecular complexity index is 528. The predicted molar refractivity (Wildman–Crippen MR) is 69.9 cm³/mol. The van der Waals surface area contributed by atoms with E-state index in [4.69, 9.17) is 15.2 Å². The van der Waals surface area contributed by atoms with Crippen LogP contribution in [0.4, 0.5) is 4.39 Å². The molecule has 18 heavy (non-hydrogen) atoms. The lowest BCUT2D eigenvalue weighted by molar-refractivity contribution is 0.351. The summed E-state index contributed by atoms with van der Waals surface area (Å²) in [5.74, 6) is 0.433. The highest BCUT2D eigenvalue weighted by atomic mass is 32.1. The van der Waals surface area contributed by atoms with E-state index in [0.29, 0.717) is 17.1 Å². The zero-order valence-electron chi connectivity index (χ0n) is 10.1. The molecule has 3 nitrogen and oxygen atoms in total. The molecule has 0 aliphatic rings. The van der Waals surface area contributed by atoms with Gasteiger partial charge in [-0.25, -0.2) is 4.39 Å². The monoisotopic (exact) mass is 267 g/mol. The highest BCUT2D eigenvalue weighted by Crippen LogP contribution is 2.34. The van der Waals surface area contributed by atoms with Crippen LogP contribution < -0.4 is 15.2 Å². The molecular formula is C13H14FNO2S. The molecule has 1 heterocycles. The third kappa shape index (κ3) is 2.32. The Morgan fingerprint density at radius 2 is 1.89 bits per heavy atom. The number of hydrogen-bond donors (Lipinski definition) is 1. The standard InChI is InChI=1S/C13H14FNO2S/c1-16-11-5-9(10(14)6-12(11)17-2)13(15)8-3-4-18-7-8/h3-7,13H,15H2,1-2H3. The second-order valence-corrected chi connectivity index (χ2v) is 4.54. The first-order valence-corrected chi connectivity index (χ1v) is 6.30. The van der Waals surface area contributed by atoms with Crippen molar-refractivity contribution in [3.63, 3.8) is 0 Å².